The largest absolute Gasteiger partial charge is 0.489 e. The van der Waals surface area contributed by atoms with E-state index in [0.717, 1.165) is 66.0 Å². The number of anilines is 1. The first-order chi connectivity index (χ1) is 15.4. The third kappa shape index (κ3) is 5.53. The molecule has 0 bridgehead atoms. The highest BCUT2D eigenvalue weighted by molar-refractivity contribution is 14.1. The third-order valence-corrected chi connectivity index (χ3v) is 7.75. The SMILES string of the molecule is CC(C)Oc1c(I)cc(I)cc1C=Nc1sc2c(c1C(=O)Nc1ccccc1)CCCC2. The molecule has 0 spiro atoms. The van der Waals surface area contributed by atoms with Crippen molar-refractivity contribution in [3.05, 3.63) is 71.2 Å². The van der Waals surface area contributed by atoms with Gasteiger partial charge < -0.3 is 10.1 Å². The number of nitrogens with one attached hydrogen (secondary N) is 1. The van der Waals surface area contributed by atoms with Crippen LogP contribution in [-0.2, 0) is 12.8 Å². The molecule has 2 aromatic carbocycles. The van der Waals surface area contributed by atoms with Gasteiger partial charge in [0.1, 0.15) is 10.8 Å². The minimum absolute atomic E-state index is 0.0667. The van der Waals surface area contributed by atoms with Gasteiger partial charge in [-0.1, -0.05) is 18.2 Å². The third-order valence-electron chi connectivity index (χ3n) is 5.12. The number of aryl methyl sites for hydroxylation is 1. The Morgan fingerprint density at radius 2 is 1.91 bits per heavy atom. The molecule has 0 unspecified atom stereocenters. The molecule has 4 nitrogen and oxygen atoms in total. The molecule has 1 aliphatic rings. The lowest BCUT2D eigenvalue weighted by atomic mass is 9.95. The van der Waals surface area contributed by atoms with Crippen LogP contribution < -0.4 is 10.1 Å². The van der Waals surface area contributed by atoms with Gasteiger partial charge in [-0.2, -0.15) is 0 Å². The fourth-order valence-electron chi connectivity index (χ4n) is 3.76. The number of rotatable bonds is 6. The molecule has 32 heavy (non-hydrogen) atoms. The van der Waals surface area contributed by atoms with Crippen LogP contribution in [0, 0.1) is 7.14 Å². The Kier molecular flexibility index (Phi) is 7.88. The molecule has 1 amide bonds. The van der Waals surface area contributed by atoms with Crippen molar-refractivity contribution in [1.82, 2.24) is 0 Å². The van der Waals surface area contributed by atoms with Crippen LogP contribution in [0.4, 0.5) is 10.7 Å². The van der Waals surface area contributed by atoms with E-state index < -0.39 is 0 Å². The van der Waals surface area contributed by atoms with Gasteiger partial charge in [-0.15, -0.1) is 11.3 Å². The lowest BCUT2D eigenvalue weighted by molar-refractivity contribution is 0.102. The number of carbonyl (C=O) groups is 1. The van der Waals surface area contributed by atoms with Gasteiger partial charge in [0, 0.05) is 25.9 Å². The van der Waals surface area contributed by atoms with E-state index in [4.69, 9.17) is 9.73 Å². The molecular weight excluding hydrogens is 646 g/mol. The molecule has 1 N–H and O–H groups in total. The van der Waals surface area contributed by atoms with Gasteiger partial charge in [-0.3, -0.25) is 4.79 Å². The number of aliphatic imine (C=N–C) groups is 1. The number of fused-ring (bicyclic) bond motifs is 1. The van der Waals surface area contributed by atoms with Gasteiger partial charge in [0.2, 0.25) is 0 Å². The summed E-state index contributed by atoms with van der Waals surface area (Å²) in [6.45, 7) is 4.04. The Labute approximate surface area is 220 Å². The standard InChI is InChI=1S/C25H24I2N2O2S/c1-15(2)31-23-16(12-17(26)13-20(23)27)14-28-25-22(19-10-6-7-11-21(19)32-25)24(30)29-18-8-4-3-5-9-18/h3-5,8-9,12-15H,6-7,10-11H2,1-2H3,(H,29,30). The number of carbonyl (C=O) groups excluding carboxylic acids is 1. The monoisotopic (exact) mass is 670 g/mol. The summed E-state index contributed by atoms with van der Waals surface area (Å²) >= 11 is 6.26. The first-order valence-corrected chi connectivity index (χ1v) is 13.6. The van der Waals surface area contributed by atoms with E-state index in [1.807, 2.05) is 50.4 Å². The Balaban J connectivity index is 1.72. The van der Waals surface area contributed by atoms with Gasteiger partial charge in [-0.05, 0) is 115 Å². The van der Waals surface area contributed by atoms with Crippen molar-refractivity contribution in [2.45, 2.75) is 45.6 Å². The first kappa shape index (κ1) is 23.7. The molecule has 0 fully saturated rings. The van der Waals surface area contributed by atoms with Crippen molar-refractivity contribution in [2.75, 3.05) is 5.32 Å². The molecule has 4 rings (SSSR count). The quantitative estimate of drug-likeness (QED) is 0.217. The summed E-state index contributed by atoms with van der Waals surface area (Å²) < 4.78 is 8.25. The molecule has 1 aliphatic carbocycles. The van der Waals surface area contributed by atoms with Gasteiger partial charge >= 0.3 is 0 Å². The van der Waals surface area contributed by atoms with Crippen molar-refractivity contribution >= 4 is 79.3 Å². The number of thiophene rings is 1. The Hall–Kier alpha value is -1.46. The molecule has 1 heterocycles. The molecule has 0 saturated carbocycles. The summed E-state index contributed by atoms with van der Waals surface area (Å²) in [5, 5.41) is 3.83. The van der Waals surface area contributed by atoms with Crippen LogP contribution in [-0.4, -0.2) is 18.2 Å². The zero-order chi connectivity index (χ0) is 22.7. The molecule has 3 aromatic rings. The maximum absolute atomic E-state index is 13.3. The normalized spacial score (nSPS) is 13.4. The summed E-state index contributed by atoms with van der Waals surface area (Å²) in [7, 11) is 0. The Morgan fingerprint density at radius 1 is 1.16 bits per heavy atom. The summed E-state index contributed by atoms with van der Waals surface area (Å²) in [5.74, 6) is 0.750. The maximum Gasteiger partial charge on any atom is 0.259 e. The molecule has 0 radical (unpaired) electrons. The first-order valence-electron chi connectivity index (χ1n) is 10.6. The fraction of sp³-hybridized carbons (Fsp3) is 0.280. The topological polar surface area (TPSA) is 50.7 Å². The molecule has 0 atom stereocenters. The molecule has 7 heteroatoms. The van der Waals surface area contributed by atoms with Gasteiger partial charge in [0.25, 0.3) is 5.91 Å². The minimum Gasteiger partial charge on any atom is -0.489 e. The second-order valence-corrected chi connectivity index (χ2v) is 11.4. The van der Waals surface area contributed by atoms with E-state index in [-0.39, 0.29) is 12.0 Å². The predicted octanol–water partition coefficient (Wildman–Crippen LogP) is 7.63. The van der Waals surface area contributed by atoms with Crippen LogP contribution >= 0.6 is 56.5 Å². The number of hydrogen-bond donors (Lipinski definition) is 1. The lowest BCUT2D eigenvalue weighted by Crippen LogP contribution is -2.14. The smallest absolute Gasteiger partial charge is 0.259 e. The van der Waals surface area contributed by atoms with Crippen molar-refractivity contribution < 1.29 is 9.53 Å². The molecule has 1 aromatic heterocycles. The number of nitrogens with zero attached hydrogens (tertiary/aromatic N) is 1. The van der Waals surface area contributed by atoms with Crippen molar-refractivity contribution in [2.24, 2.45) is 4.99 Å². The van der Waals surface area contributed by atoms with E-state index in [1.165, 1.54) is 4.88 Å². The minimum atomic E-state index is -0.0846. The molecular formula is C25H24I2N2O2S. The summed E-state index contributed by atoms with van der Waals surface area (Å²) in [5.41, 5.74) is 3.60. The van der Waals surface area contributed by atoms with Crippen molar-refractivity contribution in [3.8, 4) is 5.75 Å². The van der Waals surface area contributed by atoms with E-state index in [0.29, 0.717) is 0 Å². The number of benzene rings is 2. The number of halogens is 2. The lowest BCUT2D eigenvalue weighted by Gasteiger charge is -2.14. The van der Waals surface area contributed by atoms with Gasteiger partial charge in [0.05, 0.1) is 15.2 Å². The summed E-state index contributed by atoms with van der Waals surface area (Å²) in [4.78, 5) is 19.4. The number of amides is 1. The van der Waals surface area contributed by atoms with Crippen molar-refractivity contribution in [1.29, 1.82) is 0 Å². The highest BCUT2D eigenvalue weighted by Gasteiger charge is 2.25. The van der Waals surface area contributed by atoms with E-state index in [9.17, 15) is 4.79 Å². The van der Waals surface area contributed by atoms with Crippen LogP contribution in [0.25, 0.3) is 0 Å². The summed E-state index contributed by atoms with van der Waals surface area (Å²) in [6, 6.07) is 13.8. The fourth-order valence-corrected chi connectivity index (χ4v) is 7.00. The zero-order valence-electron chi connectivity index (χ0n) is 18.0. The van der Waals surface area contributed by atoms with Gasteiger partial charge in [0.15, 0.2) is 0 Å². The highest BCUT2D eigenvalue weighted by Crippen LogP contribution is 2.40. The number of ether oxygens (including phenoxy) is 1. The predicted molar refractivity (Wildman–Crippen MR) is 150 cm³/mol. The molecule has 0 saturated heterocycles. The van der Waals surface area contributed by atoms with Crippen LogP contribution in [0.5, 0.6) is 5.75 Å². The van der Waals surface area contributed by atoms with E-state index in [1.54, 1.807) is 11.3 Å². The zero-order valence-corrected chi connectivity index (χ0v) is 23.1. The van der Waals surface area contributed by atoms with Crippen LogP contribution in [0.15, 0.2) is 47.5 Å². The van der Waals surface area contributed by atoms with Crippen molar-refractivity contribution in [3.63, 3.8) is 0 Å². The average molecular weight is 670 g/mol. The molecule has 166 valence electrons. The van der Waals surface area contributed by atoms with Gasteiger partial charge in [-0.25, -0.2) is 4.99 Å². The van der Waals surface area contributed by atoms with Crippen LogP contribution in [0.3, 0.4) is 0 Å². The van der Waals surface area contributed by atoms with E-state index in [2.05, 4.69) is 62.6 Å². The highest BCUT2D eigenvalue weighted by atomic mass is 127. The van der Waals surface area contributed by atoms with E-state index >= 15 is 0 Å². The Morgan fingerprint density at radius 3 is 2.66 bits per heavy atom. The van der Waals surface area contributed by atoms with Crippen LogP contribution in [0.2, 0.25) is 0 Å². The van der Waals surface area contributed by atoms with Crippen LogP contribution in [0.1, 0.15) is 53.1 Å². The Bertz CT molecular complexity index is 1160. The number of hydrogen-bond acceptors (Lipinski definition) is 4. The maximum atomic E-state index is 13.3. The molecule has 0 aliphatic heterocycles. The second kappa shape index (κ2) is 10.6. The summed E-state index contributed by atoms with van der Waals surface area (Å²) in [6.07, 6.45) is 6.14. The second-order valence-electron chi connectivity index (χ2n) is 7.94. The average Bonchev–Trinajstić information content (AvgIpc) is 3.13. The number of para-hydroxylation sites is 1.